The topological polar surface area (TPSA) is 60.2 Å². The predicted octanol–water partition coefficient (Wildman–Crippen LogP) is 1.66. The average Bonchev–Trinajstić information content (AvgIpc) is 2.65. The Kier molecular flexibility index (Phi) is 5.94. The van der Waals surface area contributed by atoms with Crippen LogP contribution in [0.2, 0.25) is 0 Å². The third-order valence-electron chi connectivity index (χ3n) is 2.27. The van der Waals surface area contributed by atoms with Crippen LogP contribution in [0, 0.1) is 6.92 Å². The third-order valence-corrected chi connectivity index (χ3v) is 3.36. The Morgan fingerprint density at radius 2 is 2.12 bits per heavy atom. The van der Waals surface area contributed by atoms with E-state index >= 15 is 0 Å². The molecule has 1 aromatic rings. The van der Waals surface area contributed by atoms with Gasteiger partial charge in [-0.1, -0.05) is 11.8 Å². The fraction of sp³-hybridized carbons (Fsp3) is 0.818. The van der Waals surface area contributed by atoms with Crippen LogP contribution in [-0.4, -0.2) is 44.9 Å². The second-order valence-corrected chi connectivity index (χ2v) is 5.10. The molecule has 5 nitrogen and oxygen atoms in total. The van der Waals surface area contributed by atoms with E-state index in [1.165, 1.54) is 11.8 Å². The number of hydrogen-bond donors (Lipinski definition) is 1. The summed E-state index contributed by atoms with van der Waals surface area (Å²) in [7, 11) is 0. The summed E-state index contributed by atoms with van der Waals surface area (Å²) in [5.74, 6) is 1.48. The van der Waals surface area contributed by atoms with Crippen molar-refractivity contribution in [1.29, 1.82) is 0 Å². The summed E-state index contributed by atoms with van der Waals surface area (Å²) in [4.78, 5) is 0. The summed E-state index contributed by atoms with van der Waals surface area (Å²) in [6, 6.07) is 0.330. The van der Waals surface area contributed by atoms with Gasteiger partial charge < -0.3 is 14.4 Å². The third kappa shape index (κ3) is 4.29. The molecule has 98 valence electrons. The van der Waals surface area contributed by atoms with Gasteiger partial charge in [-0.25, -0.2) is 0 Å². The molecule has 0 aliphatic carbocycles. The molecule has 0 saturated carbocycles. The van der Waals surface area contributed by atoms with Gasteiger partial charge >= 0.3 is 0 Å². The lowest BCUT2D eigenvalue weighted by Gasteiger charge is -2.13. The summed E-state index contributed by atoms with van der Waals surface area (Å²) in [5.41, 5.74) is 0. The fourth-order valence-corrected chi connectivity index (χ4v) is 2.53. The monoisotopic (exact) mass is 259 g/mol. The van der Waals surface area contributed by atoms with Gasteiger partial charge in [-0.3, -0.25) is 0 Å². The highest BCUT2D eigenvalue weighted by Crippen LogP contribution is 2.21. The second-order valence-electron chi connectivity index (χ2n) is 4.12. The van der Waals surface area contributed by atoms with Crippen molar-refractivity contribution < 1.29 is 9.84 Å². The highest BCUT2D eigenvalue weighted by atomic mass is 32.2. The number of aryl methyl sites for hydroxylation is 1. The van der Waals surface area contributed by atoms with E-state index in [-0.39, 0.29) is 0 Å². The van der Waals surface area contributed by atoms with Gasteiger partial charge in [0.2, 0.25) is 0 Å². The zero-order chi connectivity index (χ0) is 12.8. The van der Waals surface area contributed by atoms with E-state index in [4.69, 9.17) is 4.74 Å². The molecule has 1 aromatic heterocycles. The highest BCUT2D eigenvalue weighted by Gasteiger charge is 2.14. The van der Waals surface area contributed by atoms with Crippen LogP contribution in [-0.2, 0) is 4.74 Å². The lowest BCUT2D eigenvalue weighted by Crippen LogP contribution is -2.18. The van der Waals surface area contributed by atoms with Gasteiger partial charge in [0.15, 0.2) is 5.16 Å². The summed E-state index contributed by atoms with van der Waals surface area (Å²) < 4.78 is 7.23. The summed E-state index contributed by atoms with van der Waals surface area (Å²) in [5, 5.41) is 18.7. The van der Waals surface area contributed by atoms with Crippen LogP contribution >= 0.6 is 11.8 Å². The maximum absolute atomic E-state index is 9.67. The summed E-state index contributed by atoms with van der Waals surface area (Å²) in [6.07, 6.45) is -0.461. The van der Waals surface area contributed by atoms with Gasteiger partial charge in [0.25, 0.3) is 0 Å². The minimum absolute atomic E-state index is 0.330. The van der Waals surface area contributed by atoms with Crippen molar-refractivity contribution in [2.45, 2.75) is 45.0 Å². The largest absolute Gasteiger partial charge is 0.390 e. The molecule has 0 radical (unpaired) electrons. The number of thioether (sulfide) groups is 1. The molecular formula is C11H21N3O2S. The molecule has 1 heterocycles. The Balaban J connectivity index is 2.51. The van der Waals surface area contributed by atoms with Gasteiger partial charge in [0, 0.05) is 18.4 Å². The van der Waals surface area contributed by atoms with E-state index in [1.54, 1.807) is 0 Å². The molecule has 0 aliphatic rings. The van der Waals surface area contributed by atoms with Crippen LogP contribution in [0.5, 0.6) is 0 Å². The van der Waals surface area contributed by atoms with E-state index in [0.29, 0.717) is 25.0 Å². The van der Waals surface area contributed by atoms with Crippen LogP contribution in [0.15, 0.2) is 5.16 Å². The molecule has 0 spiro atoms. The van der Waals surface area contributed by atoms with Crippen molar-refractivity contribution in [3.63, 3.8) is 0 Å². The second kappa shape index (κ2) is 6.98. The number of rotatable bonds is 7. The summed E-state index contributed by atoms with van der Waals surface area (Å²) in [6.45, 7) is 9.04. The Labute approximate surface area is 107 Å². The van der Waals surface area contributed by atoms with Gasteiger partial charge in [-0.2, -0.15) is 0 Å². The van der Waals surface area contributed by atoms with E-state index < -0.39 is 6.10 Å². The predicted molar refractivity (Wildman–Crippen MR) is 68.4 cm³/mol. The van der Waals surface area contributed by atoms with Gasteiger partial charge in [-0.15, -0.1) is 10.2 Å². The van der Waals surface area contributed by atoms with E-state index in [9.17, 15) is 5.11 Å². The molecular weight excluding hydrogens is 238 g/mol. The van der Waals surface area contributed by atoms with Crippen LogP contribution in [0.25, 0.3) is 0 Å². The maximum Gasteiger partial charge on any atom is 0.191 e. The SMILES string of the molecule is CCOC[C@@H](O)CSc1nnc(C)n1C(C)C. The Morgan fingerprint density at radius 3 is 2.71 bits per heavy atom. The van der Waals surface area contributed by atoms with Crippen molar-refractivity contribution in [3.05, 3.63) is 5.82 Å². The van der Waals surface area contributed by atoms with E-state index in [2.05, 4.69) is 28.6 Å². The lowest BCUT2D eigenvalue weighted by molar-refractivity contribution is 0.0551. The average molecular weight is 259 g/mol. The van der Waals surface area contributed by atoms with E-state index in [1.807, 2.05) is 13.8 Å². The van der Waals surface area contributed by atoms with Crippen molar-refractivity contribution in [1.82, 2.24) is 14.8 Å². The Morgan fingerprint density at radius 1 is 1.41 bits per heavy atom. The van der Waals surface area contributed by atoms with Crippen LogP contribution in [0.4, 0.5) is 0 Å². The first-order valence-electron chi connectivity index (χ1n) is 5.86. The zero-order valence-corrected chi connectivity index (χ0v) is 11.7. The minimum atomic E-state index is -0.461. The number of ether oxygens (including phenoxy) is 1. The molecule has 0 fully saturated rings. The quantitative estimate of drug-likeness (QED) is 0.755. The number of aromatic nitrogens is 3. The Bertz CT molecular complexity index is 341. The van der Waals surface area contributed by atoms with Crippen molar-refractivity contribution in [3.8, 4) is 0 Å². The van der Waals surface area contributed by atoms with Gasteiger partial charge in [0.05, 0.1) is 12.7 Å². The molecule has 0 aliphatic heterocycles. The van der Waals surface area contributed by atoms with Crippen molar-refractivity contribution in [2.75, 3.05) is 19.0 Å². The fourth-order valence-electron chi connectivity index (χ4n) is 1.52. The first-order chi connectivity index (χ1) is 8.06. The molecule has 0 aromatic carbocycles. The molecule has 0 saturated heterocycles. The van der Waals surface area contributed by atoms with Crippen LogP contribution in [0.3, 0.4) is 0 Å². The number of nitrogens with zero attached hydrogens (tertiary/aromatic N) is 3. The number of aliphatic hydroxyl groups is 1. The molecule has 0 bridgehead atoms. The lowest BCUT2D eigenvalue weighted by atomic mass is 10.4. The normalized spacial score (nSPS) is 13.3. The van der Waals surface area contributed by atoms with E-state index in [0.717, 1.165) is 11.0 Å². The van der Waals surface area contributed by atoms with Gasteiger partial charge in [-0.05, 0) is 27.7 Å². The number of hydrogen-bond acceptors (Lipinski definition) is 5. The molecule has 1 N–H and O–H groups in total. The smallest absolute Gasteiger partial charge is 0.191 e. The molecule has 0 unspecified atom stereocenters. The molecule has 6 heteroatoms. The molecule has 0 amide bonds. The van der Waals surface area contributed by atoms with Crippen LogP contribution < -0.4 is 0 Å². The molecule has 1 rings (SSSR count). The first-order valence-corrected chi connectivity index (χ1v) is 6.84. The minimum Gasteiger partial charge on any atom is -0.390 e. The maximum atomic E-state index is 9.67. The van der Waals surface area contributed by atoms with Crippen molar-refractivity contribution in [2.24, 2.45) is 0 Å². The standard InChI is InChI=1S/C11H21N3O2S/c1-5-16-6-10(15)7-17-11-13-12-9(4)14(11)8(2)3/h8,10,15H,5-7H2,1-4H3/t10-/m1/s1. The zero-order valence-electron chi connectivity index (χ0n) is 10.9. The molecule has 17 heavy (non-hydrogen) atoms. The Hall–Kier alpha value is -0.590. The molecule has 1 atom stereocenters. The number of aliphatic hydroxyl groups excluding tert-OH is 1. The van der Waals surface area contributed by atoms with Crippen LogP contribution in [0.1, 0.15) is 32.6 Å². The van der Waals surface area contributed by atoms with Gasteiger partial charge in [0.1, 0.15) is 5.82 Å². The summed E-state index contributed by atoms with van der Waals surface area (Å²) >= 11 is 1.51. The highest BCUT2D eigenvalue weighted by molar-refractivity contribution is 7.99. The first kappa shape index (κ1) is 14.5. The van der Waals surface area contributed by atoms with Crippen molar-refractivity contribution >= 4 is 11.8 Å².